The van der Waals surface area contributed by atoms with Gasteiger partial charge in [-0.2, -0.15) is 0 Å². The molecule has 2 aromatic rings. The molecule has 7 nitrogen and oxygen atoms in total. The van der Waals surface area contributed by atoms with Crippen molar-refractivity contribution in [1.29, 1.82) is 0 Å². The molecule has 0 unspecified atom stereocenters. The van der Waals surface area contributed by atoms with E-state index in [0.717, 1.165) is 43.6 Å². The highest BCUT2D eigenvalue weighted by atomic mass is 16.2. The number of aryl methyl sites for hydroxylation is 1. The van der Waals surface area contributed by atoms with Crippen LogP contribution in [0.2, 0.25) is 0 Å². The van der Waals surface area contributed by atoms with E-state index >= 15 is 0 Å². The first-order valence-corrected chi connectivity index (χ1v) is 13.2. The standard InChI is InChI=1S/C29H38N4O3/c1-21(2)19-27(34)32-17-15-31(16-18-32)26-12-11-24(30-28(35)23-9-7-22(3)8-10-23)20-25(26)29(36)33-13-5-4-6-14-33/h7-12,20-21H,4-6,13-19H2,1-3H3,(H,30,35). The van der Waals surface area contributed by atoms with Gasteiger partial charge in [0.2, 0.25) is 5.91 Å². The minimum atomic E-state index is -0.198. The Hall–Kier alpha value is -3.35. The number of hydrogen-bond acceptors (Lipinski definition) is 4. The van der Waals surface area contributed by atoms with Crippen LogP contribution in [0.1, 0.15) is 65.8 Å². The van der Waals surface area contributed by atoms with Crippen molar-refractivity contribution in [1.82, 2.24) is 9.80 Å². The summed E-state index contributed by atoms with van der Waals surface area (Å²) in [6, 6.07) is 13.1. The predicted molar refractivity (Wildman–Crippen MR) is 144 cm³/mol. The zero-order valence-corrected chi connectivity index (χ0v) is 21.8. The molecule has 2 heterocycles. The van der Waals surface area contributed by atoms with Gasteiger partial charge in [-0.05, 0) is 62.4 Å². The van der Waals surface area contributed by atoms with Crippen molar-refractivity contribution in [3.8, 4) is 0 Å². The molecule has 2 aliphatic rings. The van der Waals surface area contributed by atoms with E-state index in [1.165, 1.54) is 0 Å². The Bertz CT molecular complexity index is 1080. The van der Waals surface area contributed by atoms with Crippen LogP contribution in [0.3, 0.4) is 0 Å². The number of piperazine rings is 1. The maximum Gasteiger partial charge on any atom is 0.256 e. The average Bonchev–Trinajstić information content (AvgIpc) is 2.89. The number of hydrogen-bond donors (Lipinski definition) is 1. The summed E-state index contributed by atoms with van der Waals surface area (Å²) in [7, 11) is 0. The zero-order chi connectivity index (χ0) is 25.7. The molecular weight excluding hydrogens is 452 g/mol. The van der Waals surface area contributed by atoms with Gasteiger partial charge in [-0.3, -0.25) is 14.4 Å². The molecule has 0 atom stereocenters. The Labute approximate surface area is 214 Å². The first-order valence-electron chi connectivity index (χ1n) is 13.2. The third-order valence-corrected chi connectivity index (χ3v) is 7.00. The minimum Gasteiger partial charge on any atom is -0.367 e. The lowest BCUT2D eigenvalue weighted by Gasteiger charge is -2.38. The first-order chi connectivity index (χ1) is 17.3. The summed E-state index contributed by atoms with van der Waals surface area (Å²) in [5, 5.41) is 2.97. The van der Waals surface area contributed by atoms with E-state index in [2.05, 4.69) is 24.1 Å². The number of rotatable bonds is 6. The first kappa shape index (κ1) is 25.7. The molecule has 2 saturated heterocycles. The molecule has 0 aliphatic carbocycles. The van der Waals surface area contributed by atoms with E-state index in [0.29, 0.717) is 55.3 Å². The van der Waals surface area contributed by atoms with Gasteiger partial charge in [0.25, 0.3) is 11.8 Å². The summed E-state index contributed by atoms with van der Waals surface area (Å²) in [5.74, 6) is 0.348. The lowest BCUT2D eigenvalue weighted by Crippen LogP contribution is -2.49. The highest BCUT2D eigenvalue weighted by Crippen LogP contribution is 2.28. The molecule has 0 radical (unpaired) electrons. The normalized spacial score (nSPS) is 16.3. The van der Waals surface area contributed by atoms with Gasteiger partial charge in [-0.1, -0.05) is 31.5 Å². The van der Waals surface area contributed by atoms with Crippen LogP contribution in [-0.4, -0.2) is 66.8 Å². The maximum absolute atomic E-state index is 13.6. The summed E-state index contributed by atoms with van der Waals surface area (Å²) in [6.45, 7) is 10.3. The quantitative estimate of drug-likeness (QED) is 0.644. The van der Waals surface area contributed by atoms with E-state index in [1.54, 1.807) is 12.1 Å². The van der Waals surface area contributed by atoms with Crippen LogP contribution in [0, 0.1) is 12.8 Å². The molecule has 2 fully saturated rings. The monoisotopic (exact) mass is 490 g/mol. The van der Waals surface area contributed by atoms with E-state index in [1.807, 2.05) is 47.1 Å². The molecule has 4 rings (SSSR count). The van der Waals surface area contributed by atoms with Crippen molar-refractivity contribution >= 4 is 29.1 Å². The number of likely N-dealkylation sites (tertiary alicyclic amines) is 1. The molecule has 192 valence electrons. The molecule has 2 aromatic carbocycles. The van der Waals surface area contributed by atoms with Gasteiger partial charge >= 0.3 is 0 Å². The molecule has 3 amide bonds. The van der Waals surface area contributed by atoms with Gasteiger partial charge in [0, 0.05) is 62.6 Å². The van der Waals surface area contributed by atoms with Crippen molar-refractivity contribution in [3.05, 3.63) is 59.2 Å². The zero-order valence-electron chi connectivity index (χ0n) is 21.8. The highest BCUT2D eigenvalue weighted by molar-refractivity contribution is 6.06. The van der Waals surface area contributed by atoms with Crippen LogP contribution in [0.15, 0.2) is 42.5 Å². The Morgan fingerprint density at radius 1 is 0.833 bits per heavy atom. The molecule has 0 bridgehead atoms. The number of carbonyl (C=O) groups excluding carboxylic acids is 3. The number of nitrogens with zero attached hydrogens (tertiary/aromatic N) is 3. The average molecular weight is 491 g/mol. The van der Waals surface area contributed by atoms with Gasteiger partial charge < -0.3 is 20.0 Å². The fourth-order valence-corrected chi connectivity index (χ4v) is 4.91. The number of benzene rings is 2. The van der Waals surface area contributed by atoms with Crippen molar-refractivity contribution in [2.75, 3.05) is 49.5 Å². The van der Waals surface area contributed by atoms with Crippen LogP contribution in [0.25, 0.3) is 0 Å². The summed E-state index contributed by atoms with van der Waals surface area (Å²) >= 11 is 0. The van der Waals surface area contributed by atoms with E-state index in [9.17, 15) is 14.4 Å². The van der Waals surface area contributed by atoms with Crippen LogP contribution in [-0.2, 0) is 4.79 Å². The lowest BCUT2D eigenvalue weighted by molar-refractivity contribution is -0.132. The summed E-state index contributed by atoms with van der Waals surface area (Å²) in [4.78, 5) is 45.0. The summed E-state index contributed by atoms with van der Waals surface area (Å²) in [5.41, 5.74) is 3.76. The third-order valence-electron chi connectivity index (χ3n) is 7.00. The Morgan fingerprint density at radius 2 is 1.50 bits per heavy atom. The molecule has 1 N–H and O–H groups in total. The number of piperidine rings is 1. The second-order valence-electron chi connectivity index (χ2n) is 10.4. The molecule has 7 heteroatoms. The Balaban J connectivity index is 1.54. The van der Waals surface area contributed by atoms with Crippen LogP contribution in [0.4, 0.5) is 11.4 Å². The van der Waals surface area contributed by atoms with Crippen molar-refractivity contribution < 1.29 is 14.4 Å². The van der Waals surface area contributed by atoms with Crippen molar-refractivity contribution in [2.24, 2.45) is 5.92 Å². The van der Waals surface area contributed by atoms with Crippen LogP contribution < -0.4 is 10.2 Å². The van der Waals surface area contributed by atoms with Crippen molar-refractivity contribution in [2.45, 2.75) is 46.5 Å². The van der Waals surface area contributed by atoms with Crippen molar-refractivity contribution in [3.63, 3.8) is 0 Å². The molecule has 36 heavy (non-hydrogen) atoms. The van der Waals surface area contributed by atoms with Gasteiger partial charge in [0.1, 0.15) is 0 Å². The fourth-order valence-electron chi connectivity index (χ4n) is 4.91. The number of nitrogens with one attached hydrogen (secondary N) is 1. The second kappa shape index (κ2) is 11.6. The highest BCUT2D eigenvalue weighted by Gasteiger charge is 2.27. The Kier molecular flexibility index (Phi) is 8.28. The fraction of sp³-hybridized carbons (Fsp3) is 0.483. The largest absolute Gasteiger partial charge is 0.367 e. The summed E-state index contributed by atoms with van der Waals surface area (Å²) < 4.78 is 0. The Morgan fingerprint density at radius 3 is 2.14 bits per heavy atom. The second-order valence-corrected chi connectivity index (χ2v) is 10.4. The summed E-state index contributed by atoms with van der Waals surface area (Å²) in [6.07, 6.45) is 3.74. The van der Waals surface area contributed by atoms with E-state index in [-0.39, 0.29) is 17.7 Å². The molecule has 0 aromatic heterocycles. The lowest BCUT2D eigenvalue weighted by atomic mass is 10.0. The topological polar surface area (TPSA) is 73.0 Å². The number of anilines is 2. The van der Waals surface area contributed by atoms with E-state index < -0.39 is 0 Å². The van der Waals surface area contributed by atoms with E-state index in [4.69, 9.17) is 0 Å². The molecular formula is C29H38N4O3. The van der Waals surface area contributed by atoms with Gasteiger partial charge in [0.15, 0.2) is 0 Å². The predicted octanol–water partition coefficient (Wildman–Crippen LogP) is 4.57. The molecule has 0 saturated carbocycles. The maximum atomic E-state index is 13.6. The van der Waals surface area contributed by atoms with Crippen LogP contribution >= 0.6 is 0 Å². The minimum absolute atomic E-state index is 0.00875. The van der Waals surface area contributed by atoms with Crippen LogP contribution in [0.5, 0.6) is 0 Å². The third kappa shape index (κ3) is 6.25. The van der Waals surface area contributed by atoms with Gasteiger partial charge in [-0.25, -0.2) is 0 Å². The van der Waals surface area contributed by atoms with Gasteiger partial charge in [0.05, 0.1) is 5.56 Å². The smallest absolute Gasteiger partial charge is 0.256 e. The van der Waals surface area contributed by atoms with Gasteiger partial charge in [-0.15, -0.1) is 0 Å². The molecule has 0 spiro atoms. The number of carbonyl (C=O) groups is 3. The number of amides is 3. The SMILES string of the molecule is Cc1ccc(C(=O)Nc2ccc(N3CCN(C(=O)CC(C)C)CC3)c(C(=O)N3CCCCC3)c2)cc1. The molecule has 2 aliphatic heterocycles.